The Labute approximate surface area is 135 Å². The largest absolute Gasteiger partial charge is 0.348 e. The van der Waals surface area contributed by atoms with E-state index in [-0.39, 0.29) is 5.91 Å². The summed E-state index contributed by atoms with van der Waals surface area (Å²) >= 11 is 0. The van der Waals surface area contributed by atoms with Gasteiger partial charge in [0.05, 0.1) is 6.54 Å². The summed E-state index contributed by atoms with van der Waals surface area (Å²) in [5, 5.41) is 7.01. The van der Waals surface area contributed by atoms with Crippen molar-refractivity contribution >= 4 is 5.91 Å². The van der Waals surface area contributed by atoms with Crippen LogP contribution in [0.3, 0.4) is 0 Å². The van der Waals surface area contributed by atoms with Crippen LogP contribution in [0.25, 0.3) is 0 Å². The van der Waals surface area contributed by atoms with Crippen LogP contribution in [-0.4, -0.2) is 20.7 Å². The number of carbonyl (C=O) groups is 1. The molecule has 0 fully saturated rings. The second-order valence-electron chi connectivity index (χ2n) is 5.46. The summed E-state index contributed by atoms with van der Waals surface area (Å²) < 4.78 is 1.77. The van der Waals surface area contributed by atoms with E-state index in [1.807, 2.05) is 55.5 Å². The van der Waals surface area contributed by atoms with E-state index in [2.05, 4.69) is 15.4 Å². The third-order valence-electron chi connectivity index (χ3n) is 3.60. The van der Waals surface area contributed by atoms with E-state index < -0.39 is 0 Å². The molecule has 3 rings (SSSR count). The molecule has 0 saturated carbocycles. The van der Waals surface area contributed by atoms with Gasteiger partial charge in [-0.05, 0) is 30.2 Å². The predicted octanol–water partition coefficient (Wildman–Crippen LogP) is 2.56. The molecule has 0 aliphatic rings. The van der Waals surface area contributed by atoms with Gasteiger partial charge in [-0.2, -0.15) is 5.10 Å². The maximum absolute atomic E-state index is 12.1. The zero-order valence-electron chi connectivity index (χ0n) is 12.9. The molecule has 0 unspecified atom stereocenters. The van der Waals surface area contributed by atoms with Gasteiger partial charge in [-0.15, -0.1) is 0 Å². The highest BCUT2D eigenvalue weighted by molar-refractivity contribution is 5.94. The first kappa shape index (κ1) is 15.0. The van der Waals surface area contributed by atoms with Crippen molar-refractivity contribution in [2.24, 2.45) is 0 Å². The van der Waals surface area contributed by atoms with E-state index in [0.29, 0.717) is 18.7 Å². The van der Waals surface area contributed by atoms with Gasteiger partial charge in [0.1, 0.15) is 12.7 Å². The quantitative estimate of drug-likeness (QED) is 0.788. The molecule has 5 heteroatoms. The highest BCUT2D eigenvalue weighted by Gasteiger charge is 2.04. The van der Waals surface area contributed by atoms with Crippen molar-refractivity contribution in [2.45, 2.75) is 20.0 Å². The van der Waals surface area contributed by atoms with Crippen molar-refractivity contribution < 1.29 is 4.79 Å². The number of aromatic nitrogens is 3. The molecule has 23 heavy (non-hydrogen) atoms. The van der Waals surface area contributed by atoms with E-state index in [4.69, 9.17) is 0 Å². The Morgan fingerprint density at radius 3 is 2.39 bits per heavy atom. The maximum atomic E-state index is 12.1. The maximum Gasteiger partial charge on any atom is 0.251 e. The molecule has 0 spiro atoms. The number of hydrogen-bond acceptors (Lipinski definition) is 3. The summed E-state index contributed by atoms with van der Waals surface area (Å²) in [5.74, 6) is -0.0586. The molecule has 0 saturated heterocycles. The zero-order chi connectivity index (χ0) is 16.1. The van der Waals surface area contributed by atoms with Crippen LogP contribution in [0.4, 0.5) is 0 Å². The molecule has 3 aromatic rings. The highest BCUT2D eigenvalue weighted by Crippen LogP contribution is 2.07. The van der Waals surface area contributed by atoms with Crippen LogP contribution in [0.15, 0.2) is 61.2 Å². The number of rotatable bonds is 5. The fraction of sp³-hybridized carbons (Fsp3) is 0.167. The molecule has 1 aromatic heterocycles. The molecule has 0 aliphatic heterocycles. The third-order valence-corrected chi connectivity index (χ3v) is 3.60. The molecular formula is C18H18N4O. The average Bonchev–Trinajstić information content (AvgIpc) is 3.07. The van der Waals surface area contributed by atoms with Gasteiger partial charge in [0, 0.05) is 12.1 Å². The van der Waals surface area contributed by atoms with Crippen molar-refractivity contribution in [3.05, 3.63) is 83.4 Å². The molecule has 1 heterocycles. The van der Waals surface area contributed by atoms with Crippen LogP contribution in [0.1, 0.15) is 27.0 Å². The summed E-state index contributed by atoms with van der Waals surface area (Å²) in [6, 6.07) is 15.7. The summed E-state index contributed by atoms with van der Waals surface area (Å²) in [4.78, 5) is 16.0. The second kappa shape index (κ2) is 6.87. The van der Waals surface area contributed by atoms with Crippen molar-refractivity contribution in [3.63, 3.8) is 0 Å². The third kappa shape index (κ3) is 4.03. The van der Waals surface area contributed by atoms with Gasteiger partial charge in [0.2, 0.25) is 0 Å². The van der Waals surface area contributed by atoms with Gasteiger partial charge in [0.25, 0.3) is 5.91 Å². The predicted molar refractivity (Wildman–Crippen MR) is 87.9 cm³/mol. The molecule has 0 aliphatic carbocycles. The van der Waals surface area contributed by atoms with Gasteiger partial charge < -0.3 is 5.32 Å². The van der Waals surface area contributed by atoms with Crippen LogP contribution in [0.2, 0.25) is 0 Å². The van der Waals surface area contributed by atoms with Crippen LogP contribution in [0, 0.1) is 6.92 Å². The van der Waals surface area contributed by atoms with Crippen LogP contribution in [-0.2, 0) is 13.1 Å². The molecule has 116 valence electrons. The number of hydrogen-bond donors (Lipinski definition) is 1. The Hall–Kier alpha value is -2.95. The van der Waals surface area contributed by atoms with Crippen LogP contribution < -0.4 is 5.32 Å². The topological polar surface area (TPSA) is 59.8 Å². The molecule has 1 amide bonds. The zero-order valence-corrected chi connectivity index (χ0v) is 12.9. The normalized spacial score (nSPS) is 10.5. The highest BCUT2D eigenvalue weighted by atomic mass is 16.1. The fourth-order valence-electron chi connectivity index (χ4n) is 2.25. The number of amides is 1. The Kier molecular flexibility index (Phi) is 4.47. The second-order valence-corrected chi connectivity index (χ2v) is 5.46. The minimum atomic E-state index is -0.0586. The first-order chi connectivity index (χ1) is 11.2. The Morgan fingerprint density at radius 1 is 1.04 bits per heavy atom. The molecule has 0 bridgehead atoms. The van der Waals surface area contributed by atoms with Crippen molar-refractivity contribution in [3.8, 4) is 0 Å². The summed E-state index contributed by atoms with van der Waals surface area (Å²) in [6.07, 6.45) is 3.21. The van der Waals surface area contributed by atoms with Gasteiger partial charge in [-0.3, -0.25) is 4.79 Å². The number of nitrogens with one attached hydrogen (secondary N) is 1. The van der Waals surface area contributed by atoms with Gasteiger partial charge in [0.15, 0.2) is 0 Å². The minimum absolute atomic E-state index is 0.0586. The summed E-state index contributed by atoms with van der Waals surface area (Å²) in [6.45, 7) is 3.20. The number of nitrogens with zero attached hydrogens (tertiary/aromatic N) is 3. The average molecular weight is 306 g/mol. The van der Waals surface area contributed by atoms with E-state index in [0.717, 1.165) is 16.7 Å². The number of aryl methyl sites for hydroxylation is 1. The summed E-state index contributed by atoms with van der Waals surface area (Å²) in [7, 11) is 0. The van der Waals surface area contributed by atoms with E-state index in [1.54, 1.807) is 11.0 Å². The standard InChI is InChI=1S/C18H18N4O/c1-14-2-8-17(9-3-14)18(23)20-10-15-4-6-16(7-5-15)11-22-13-19-12-21-22/h2-9,12-13H,10-11H2,1H3,(H,20,23). The molecule has 1 N–H and O–H groups in total. The van der Waals surface area contributed by atoms with E-state index in [9.17, 15) is 4.79 Å². The van der Waals surface area contributed by atoms with Crippen LogP contribution >= 0.6 is 0 Å². The smallest absolute Gasteiger partial charge is 0.251 e. The molecule has 5 nitrogen and oxygen atoms in total. The first-order valence-electron chi connectivity index (χ1n) is 7.46. The molecule has 0 radical (unpaired) electrons. The van der Waals surface area contributed by atoms with Crippen molar-refractivity contribution in [1.82, 2.24) is 20.1 Å². The minimum Gasteiger partial charge on any atom is -0.348 e. The molecule has 0 atom stereocenters. The fourth-order valence-corrected chi connectivity index (χ4v) is 2.25. The monoisotopic (exact) mass is 306 g/mol. The van der Waals surface area contributed by atoms with E-state index in [1.165, 1.54) is 6.33 Å². The Bertz CT molecular complexity index is 762. The van der Waals surface area contributed by atoms with Crippen LogP contribution in [0.5, 0.6) is 0 Å². The van der Waals surface area contributed by atoms with Crippen molar-refractivity contribution in [1.29, 1.82) is 0 Å². The van der Waals surface area contributed by atoms with Gasteiger partial charge in [-0.25, -0.2) is 9.67 Å². The Balaban J connectivity index is 1.56. The molecular weight excluding hydrogens is 288 g/mol. The first-order valence-corrected chi connectivity index (χ1v) is 7.46. The lowest BCUT2D eigenvalue weighted by molar-refractivity contribution is 0.0951. The Morgan fingerprint density at radius 2 is 1.74 bits per heavy atom. The van der Waals surface area contributed by atoms with E-state index >= 15 is 0 Å². The lowest BCUT2D eigenvalue weighted by Crippen LogP contribution is -2.22. The van der Waals surface area contributed by atoms with Gasteiger partial charge in [-0.1, -0.05) is 42.0 Å². The lowest BCUT2D eigenvalue weighted by atomic mass is 10.1. The molecule has 2 aromatic carbocycles. The summed E-state index contributed by atoms with van der Waals surface area (Å²) in [5.41, 5.74) is 4.03. The number of carbonyl (C=O) groups excluding carboxylic acids is 1. The number of benzene rings is 2. The van der Waals surface area contributed by atoms with Crippen molar-refractivity contribution in [2.75, 3.05) is 0 Å². The lowest BCUT2D eigenvalue weighted by Gasteiger charge is -2.07. The SMILES string of the molecule is Cc1ccc(C(=O)NCc2ccc(Cn3cncn3)cc2)cc1. The van der Waals surface area contributed by atoms with Gasteiger partial charge >= 0.3 is 0 Å².